The summed E-state index contributed by atoms with van der Waals surface area (Å²) in [6.07, 6.45) is 5.42. The van der Waals surface area contributed by atoms with E-state index in [4.69, 9.17) is 0 Å². The SMILES string of the molecule is CC(Nc1cncc(C(=O)N2CCCc3ccccc32)c1)c1ccccc1. The van der Waals surface area contributed by atoms with Crippen molar-refractivity contribution >= 4 is 17.3 Å². The topological polar surface area (TPSA) is 45.2 Å². The summed E-state index contributed by atoms with van der Waals surface area (Å²) in [4.78, 5) is 19.3. The Kier molecular flexibility index (Phi) is 4.88. The first-order valence-corrected chi connectivity index (χ1v) is 9.38. The number of carbonyl (C=O) groups is 1. The number of pyridine rings is 1. The summed E-state index contributed by atoms with van der Waals surface area (Å²) in [6, 6.07) is 20.4. The van der Waals surface area contributed by atoms with E-state index in [1.165, 1.54) is 11.1 Å². The van der Waals surface area contributed by atoms with E-state index in [0.29, 0.717) is 5.56 Å². The van der Waals surface area contributed by atoms with E-state index >= 15 is 0 Å². The summed E-state index contributed by atoms with van der Waals surface area (Å²) in [6.45, 7) is 2.85. The second-order valence-corrected chi connectivity index (χ2v) is 6.93. The molecule has 1 N–H and O–H groups in total. The molecule has 1 atom stereocenters. The van der Waals surface area contributed by atoms with Crippen molar-refractivity contribution in [2.75, 3.05) is 16.8 Å². The van der Waals surface area contributed by atoms with Gasteiger partial charge in [-0.1, -0.05) is 48.5 Å². The Balaban J connectivity index is 1.55. The van der Waals surface area contributed by atoms with E-state index in [9.17, 15) is 4.79 Å². The average molecular weight is 357 g/mol. The van der Waals surface area contributed by atoms with Gasteiger partial charge >= 0.3 is 0 Å². The Morgan fingerprint density at radius 1 is 1.07 bits per heavy atom. The van der Waals surface area contributed by atoms with E-state index in [-0.39, 0.29) is 11.9 Å². The van der Waals surface area contributed by atoms with Gasteiger partial charge in [-0.15, -0.1) is 0 Å². The lowest BCUT2D eigenvalue weighted by Crippen LogP contribution is -2.35. The van der Waals surface area contributed by atoms with Crippen molar-refractivity contribution in [2.24, 2.45) is 0 Å². The fourth-order valence-electron chi connectivity index (χ4n) is 3.61. The molecule has 1 aliphatic heterocycles. The lowest BCUT2D eigenvalue weighted by atomic mass is 10.0. The minimum absolute atomic E-state index is 0.00524. The minimum Gasteiger partial charge on any atom is -0.377 e. The van der Waals surface area contributed by atoms with E-state index in [0.717, 1.165) is 30.8 Å². The van der Waals surface area contributed by atoms with Crippen LogP contribution < -0.4 is 10.2 Å². The number of hydrogen-bond donors (Lipinski definition) is 1. The summed E-state index contributed by atoms with van der Waals surface area (Å²) in [5, 5.41) is 3.44. The molecule has 2 heterocycles. The zero-order valence-electron chi connectivity index (χ0n) is 15.4. The molecule has 0 spiro atoms. The molecule has 0 aliphatic carbocycles. The van der Waals surface area contributed by atoms with Crippen LogP contribution in [0, 0.1) is 0 Å². The largest absolute Gasteiger partial charge is 0.377 e. The number of nitrogens with one attached hydrogen (secondary N) is 1. The van der Waals surface area contributed by atoms with Crippen LogP contribution in [0.5, 0.6) is 0 Å². The average Bonchev–Trinajstić information content (AvgIpc) is 2.73. The van der Waals surface area contributed by atoms with Crippen molar-refractivity contribution in [3.05, 3.63) is 89.7 Å². The Labute approximate surface area is 159 Å². The summed E-state index contributed by atoms with van der Waals surface area (Å²) in [5.41, 5.74) is 4.90. The van der Waals surface area contributed by atoms with Gasteiger partial charge < -0.3 is 10.2 Å². The second-order valence-electron chi connectivity index (χ2n) is 6.93. The number of carbonyl (C=O) groups excluding carboxylic acids is 1. The lowest BCUT2D eigenvalue weighted by molar-refractivity contribution is 0.0985. The van der Waals surface area contributed by atoms with Crippen molar-refractivity contribution in [1.82, 2.24) is 4.98 Å². The molecule has 136 valence electrons. The summed E-state index contributed by atoms with van der Waals surface area (Å²) in [7, 11) is 0. The molecule has 0 saturated heterocycles. The molecule has 4 heteroatoms. The number of aryl methyl sites for hydroxylation is 1. The van der Waals surface area contributed by atoms with E-state index in [1.54, 1.807) is 12.4 Å². The molecular formula is C23H23N3O. The third-order valence-electron chi connectivity index (χ3n) is 5.02. The van der Waals surface area contributed by atoms with Crippen LogP contribution in [0.25, 0.3) is 0 Å². The third-order valence-corrected chi connectivity index (χ3v) is 5.02. The van der Waals surface area contributed by atoms with E-state index in [1.807, 2.05) is 47.4 Å². The van der Waals surface area contributed by atoms with Crippen LogP contribution in [0.15, 0.2) is 73.1 Å². The van der Waals surface area contributed by atoms with Crippen molar-refractivity contribution < 1.29 is 4.79 Å². The Morgan fingerprint density at radius 2 is 1.85 bits per heavy atom. The predicted molar refractivity (Wildman–Crippen MR) is 109 cm³/mol. The molecule has 3 aromatic rings. The number of amides is 1. The number of anilines is 2. The van der Waals surface area contributed by atoms with Gasteiger partial charge in [0, 0.05) is 30.7 Å². The highest BCUT2D eigenvalue weighted by molar-refractivity contribution is 6.07. The van der Waals surface area contributed by atoms with Gasteiger partial charge in [0.05, 0.1) is 11.3 Å². The molecule has 0 bridgehead atoms. The van der Waals surface area contributed by atoms with Crippen LogP contribution in [0.3, 0.4) is 0 Å². The summed E-state index contributed by atoms with van der Waals surface area (Å²) >= 11 is 0. The Hall–Kier alpha value is -3.14. The zero-order valence-corrected chi connectivity index (χ0v) is 15.4. The molecule has 0 fully saturated rings. The standard InChI is InChI=1S/C23H23N3O/c1-17(18-8-3-2-4-9-18)25-21-14-20(15-24-16-21)23(27)26-13-7-11-19-10-5-6-12-22(19)26/h2-6,8-10,12,14-17,25H,7,11,13H2,1H3. The molecule has 1 amide bonds. The number of aromatic nitrogens is 1. The van der Waals surface area contributed by atoms with Crippen molar-refractivity contribution in [3.8, 4) is 0 Å². The lowest BCUT2D eigenvalue weighted by Gasteiger charge is -2.29. The summed E-state index contributed by atoms with van der Waals surface area (Å²) < 4.78 is 0. The molecule has 4 rings (SSSR count). The molecule has 1 aliphatic rings. The molecule has 2 aromatic carbocycles. The van der Waals surface area contributed by atoms with Gasteiger partial charge in [-0.3, -0.25) is 9.78 Å². The molecule has 27 heavy (non-hydrogen) atoms. The highest BCUT2D eigenvalue weighted by atomic mass is 16.2. The maximum atomic E-state index is 13.1. The predicted octanol–water partition coefficient (Wildman–Crippen LogP) is 4.85. The van der Waals surface area contributed by atoms with Gasteiger partial charge in [0.25, 0.3) is 5.91 Å². The number of para-hydroxylation sites is 1. The number of rotatable bonds is 4. The van der Waals surface area contributed by atoms with Gasteiger partial charge in [0.2, 0.25) is 0 Å². The third kappa shape index (κ3) is 3.70. The Bertz CT molecular complexity index is 939. The van der Waals surface area contributed by atoms with Crippen molar-refractivity contribution in [1.29, 1.82) is 0 Å². The fourth-order valence-corrected chi connectivity index (χ4v) is 3.61. The smallest absolute Gasteiger partial charge is 0.259 e. The van der Waals surface area contributed by atoms with Gasteiger partial charge in [-0.05, 0) is 43.0 Å². The van der Waals surface area contributed by atoms with Gasteiger partial charge in [0.15, 0.2) is 0 Å². The van der Waals surface area contributed by atoms with E-state index in [2.05, 4.69) is 35.4 Å². The normalized spacial score (nSPS) is 14.3. The van der Waals surface area contributed by atoms with E-state index < -0.39 is 0 Å². The fraction of sp³-hybridized carbons (Fsp3) is 0.217. The highest BCUT2D eigenvalue weighted by Crippen LogP contribution is 2.28. The first kappa shape index (κ1) is 17.3. The zero-order chi connectivity index (χ0) is 18.6. The van der Waals surface area contributed by atoms with Crippen LogP contribution in [0.2, 0.25) is 0 Å². The van der Waals surface area contributed by atoms with Gasteiger partial charge in [-0.2, -0.15) is 0 Å². The molecule has 0 radical (unpaired) electrons. The van der Waals surface area contributed by atoms with Crippen LogP contribution in [0.4, 0.5) is 11.4 Å². The van der Waals surface area contributed by atoms with Crippen LogP contribution >= 0.6 is 0 Å². The van der Waals surface area contributed by atoms with Gasteiger partial charge in [0.1, 0.15) is 0 Å². The molecular weight excluding hydrogens is 334 g/mol. The first-order valence-electron chi connectivity index (χ1n) is 9.38. The number of nitrogens with zero attached hydrogens (tertiary/aromatic N) is 2. The number of fused-ring (bicyclic) bond motifs is 1. The van der Waals surface area contributed by atoms with Crippen molar-refractivity contribution in [2.45, 2.75) is 25.8 Å². The first-order chi connectivity index (χ1) is 13.2. The van der Waals surface area contributed by atoms with Gasteiger partial charge in [-0.25, -0.2) is 0 Å². The molecule has 4 nitrogen and oxygen atoms in total. The molecule has 1 unspecified atom stereocenters. The molecule has 0 saturated carbocycles. The maximum Gasteiger partial charge on any atom is 0.259 e. The summed E-state index contributed by atoms with van der Waals surface area (Å²) in [5.74, 6) is 0.00524. The van der Waals surface area contributed by atoms with Crippen LogP contribution in [-0.2, 0) is 6.42 Å². The Morgan fingerprint density at radius 3 is 2.70 bits per heavy atom. The van der Waals surface area contributed by atoms with Crippen LogP contribution in [-0.4, -0.2) is 17.4 Å². The van der Waals surface area contributed by atoms with Crippen molar-refractivity contribution in [3.63, 3.8) is 0 Å². The van der Waals surface area contributed by atoms with Crippen LogP contribution in [0.1, 0.15) is 40.9 Å². The minimum atomic E-state index is 0.00524. The maximum absolute atomic E-state index is 13.1. The number of benzene rings is 2. The quantitative estimate of drug-likeness (QED) is 0.726. The monoisotopic (exact) mass is 357 g/mol. The molecule has 1 aromatic heterocycles. The second kappa shape index (κ2) is 7.62. The number of hydrogen-bond acceptors (Lipinski definition) is 3. The highest BCUT2D eigenvalue weighted by Gasteiger charge is 2.23.